The summed E-state index contributed by atoms with van der Waals surface area (Å²) in [6.45, 7) is 6.84. The van der Waals surface area contributed by atoms with E-state index in [1.807, 2.05) is 62.4 Å². The minimum Gasteiger partial charge on any atom is -0.354 e. The lowest BCUT2D eigenvalue weighted by Gasteiger charge is -2.29. The summed E-state index contributed by atoms with van der Waals surface area (Å²) in [4.78, 5) is 27.3. The average molecular weight is 512 g/mol. The highest BCUT2D eigenvalue weighted by Crippen LogP contribution is 2.22. The molecule has 0 saturated carbocycles. The fourth-order valence-corrected chi connectivity index (χ4v) is 4.23. The zero-order chi connectivity index (χ0) is 22.1. The Morgan fingerprint density at radius 3 is 2.40 bits per heavy atom. The van der Waals surface area contributed by atoms with Crippen molar-refractivity contribution in [2.24, 2.45) is 5.92 Å². The van der Waals surface area contributed by atoms with Gasteiger partial charge in [-0.25, -0.2) is 0 Å². The summed E-state index contributed by atoms with van der Waals surface area (Å²) in [7, 11) is 0. The minimum absolute atomic E-state index is 0.0674. The molecule has 0 radical (unpaired) electrons. The van der Waals surface area contributed by atoms with Crippen LogP contribution in [-0.4, -0.2) is 35.1 Å². The van der Waals surface area contributed by atoms with Crippen molar-refractivity contribution in [3.63, 3.8) is 0 Å². The molecule has 0 aliphatic carbocycles. The van der Waals surface area contributed by atoms with Gasteiger partial charge in [-0.1, -0.05) is 71.7 Å². The van der Waals surface area contributed by atoms with Crippen molar-refractivity contribution < 1.29 is 9.59 Å². The summed E-state index contributed by atoms with van der Waals surface area (Å²) in [5.41, 5.74) is 1.98. The van der Waals surface area contributed by atoms with E-state index in [0.717, 1.165) is 15.6 Å². The highest BCUT2D eigenvalue weighted by atomic mass is 79.9. The van der Waals surface area contributed by atoms with Crippen LogP contribution in [0.5, 0.6) is 0 Å². The van der Waals surface area contributed by atoms with E-state index in [-0.39, 0.29) is 17.6 Å². The van der Waals surface area contributed by atoms with Crippen LogP contribution in [-0.2, 0) is 21.9 Å². The predicted molar refractivity (Wildman–Crippen MR) is 130 cm³/mol. The van der Waals surface area contributed by atoms with Gasteiger partial charge in [0.15, 0.2) is 0 Å². The summed E-state index contributed by atoms with van der Waals surface area (Å²) in [5.74, 6) is 1.07. The van der Waals surface area contributed by atoms with Crippen molar-refractivity contribution >= 4 is 51.1 Å². The third-order valence-electron chi connectivity index (χ3n) is 4.56. The van der Waals surface area contributed by atoms with E-state index < -0.39 is 6.04 Å². The van der Waals surface area contributed by atoms with Crippen molar-refractivity contribution in [1.29, 1.82) is 0 Å². The third-order valence-corrected chi connectivity index (χ3v) is 6.42. The van der Waals surface area contributed by atoms with Crippen molar-refractivity contribution in [2.75, 3.05) is 12.3 Å². The molecule has 0 fully saturated rings. The standard InChI is InChI=1S/C23H28BrClN2O2S/c1-16(2)12-26-23(29)17(3)27(13-18-8-10-20(24)11-9-18)22(28)15-30-14-19-6-4-5-7-21(19)25/h4-11,16-17H,12-15H2,1-3H3,(H,26,29)/t17-/m1/s1. The van der Waals surface area contributed by atoms with E-state index in [4.69, 9.17) is 11.6 Å². The van der Waals surface area contributed by atoms with Gasteiger partial charge in [-0.05, 0) is 42.2 Å². The van der Waals surface area contributed by atoms with Crippen molar-refractivity contribution in [3.05, 3.63) is 69.2 Å². The van der Waals surface area contributed by atoms with Crippen LogP contribution in [0.3, 0.4) is 0 Å². The molecule has 7 heteroatoms. The Kier molecular flexibility index (Phi) is 10.2. The van der Waals surface area contributed by atoms with Crippen molar-refractivity contribution in [1.82, 2.24) is 10.2 Å². The second-order valence-electron chi connectivity index (χ2n) is 7.55. The van der Waals surface area contributed by atoms with Gasteiger partial charge in [-0.3, -0.25) is 9.59 Å². The molecular formula is C23H28BrClN2O2S. The third kappa shape index (κ3) is 7.97. The minimum atomic E-state index is -0.555. The monoisotopic (exact) mass is 510 g/mol. The Hall–Kier alpha value is -1.50. The maximum atomic E-state index is 13.1. The zero-order valence-electron chi connectivity index (χ0n) is 17.5. The van der Waals surface area contributed by atoms with E-state index >= 15 is 0 Å². The van der Waals surface area contributed by atoms with Gasteiger partial charge in [0.25, 0.3) is 0 Å². The first-order valence-electron chi connectivity index (χ1n) is 9.90. The van der Waals surface area contributed by atoms with Crippen LogP contribution in [0.4, 0.5) is 0 Å². The molecule has 0 unspecified atom stereocenters. The van der Waals surface area contributed by atoms with Gasteiger partial charge in [0.1, 0.15) is 6.04 Å². The highest BCUT2D eigenvalue weighted by Gasteiger charge is 2.26. The maximum Gasteiger partial charge on any atom is 0.242 e. The smallest absolute Gasteiger partial charge is 0.242 e. The molecule has 0 aliphatic heterocycles. The Morgan fingerprint density at radius 2 is 1.77 bits per heavy atom. The van der Waals surface area contributed by atoms with Gasteiger partial charge >= 0.3 is 0 Å². The van der Waals surface area contributed by atoms with Crippen LogP contribution in [0.2, 0.25) is 5.02 Å². The zero-order valence-corrected chi connectivity index (χ0v) is 20.7. The largest absolute Gasteiger partial charge is 0.354 e. The number of hydrogen-bond donors (Lipinski definition) is 1. The van der Waals surface area contributed by atoms with Crippen LogP contribution >= 0.6 is 39.3 Å². The van der Waals surface area contributed by atoms with E-state index in [1.165, 1.54) is 11.8 Å². The van der Waals surface area contributed by atoms with Gasteiger partial charge in [0.2, 0.25) is 11.8 Å². The summed E-state index contributed by atoms with van der Waals surface area (Å²) in [5, 5.41) is 3.64. The van der Waals surface area contributed by atoms with E-state index in [0.29, 0.717) is 29.8 Å². The Bertz CT molecular complexity index is 845. The molecule has 0 saturated heterocycles. The quantitative estimate of drug-likeness (QED) is 0.456. The molecule has 2 rings (SSSR count). The second kappa shape index (κ2) is 12.4. The van der Waals surface area contributed by atoms with Crippen LogP contribution in [0.1, 0.15) is 31.9 Å². The average Bonchev–Trinajstić information content (AvgIpc) is 2.72. The SMILES string of the molecule is CC(C)CNC(=O)[C@@H](C)N(Cc1ccc(Br)cc1)C(=O)CSCc1ccccc1Cl. The van der Waals surface area contributed by atoms with E-state index in [9.17, 15) is 9.59 Å². The number of benzene rings is 2. The van der Waals surface area contributed by atoms with Crippen LogP contribution in [0, 0.1) is 5.92 Å². The lowest BCUT2D eigenvalue weighted by Crippen LogP contribution is -2.48. The van der Waals surface area contributed by atoms with Gasteiger partial charge in [-0.2, -0.15) is 0 Å². The first kappa shape index (κ1) is 24.8. The number of nitrogens with zero attached hydrogens (tertiary/aromatic N) is 1. The fourth-order valence-electron chi connectivity index (χ4n) is 2.77. The fraction of sp³-hybridized carbons (Fsp3) is 0.391. The number of thioether (sulfide) groups is 1. The van der Waals surface area contributed by atoms with Gasteiger partial charge in [-0.15, -0.1) is 11.8 Å². The number of rotatable bonds is 10. The summed E-state index contributed by atoms with van der Waals surface area (Å²) in [6.07, 6.45) is 0. The van der Waals surface area contributed by atoms with Crippen molar-refractivity contribution in [3.8, 4) is 0 Å². The topological polar surface area (TPSA) is 49.4 Å². The van der Waals surface area contributed by atoms with Gasteiger partial charge < -0.3 is 10.2 Å². The molecular weight excluding hydrogens is 484 g/mol. The van der Waals surface area contributed by atoms with Crippen LogP contribution in [0.25, 0.3) is 0 Å². The van der Waals surface area contributed by atoms with E-state index in [1.54, 1.807) is 11.8 Å². The molecule has 0 aromatic heterocycles. The van der Waals surface area contributed by atoms with Gasteiger partial charge in [0, 0.05) is 28.3 Å². The molecule has 1 N–H and O–H groups in total. The number of hydrogen-bond acceptors (Lipinski definition) is 3. The first-order valence-corrected chi connectivity index (χ1v) is 12.2. The normalized spacial score (nSPS) is 11.9. The Morgan fingerprint density at radius 1 is 1.10 bits per heavy atom. The molecule has 0 aliphatic rings. The molecule has 2 aromatic carbocycles. The maximum absolute atomic E-state index is 13.1. The molecule has 2 amide bonds. The molecule has 4 nitrogen and oxygen atoms in total. The summed E-state index contributed by atoms with van der Waals surface area (Å²) >= 11 is 11.1. The van der Waals surface area contributed by atoms with Crippen LogP contribution in [0.15, 0.2) is 53.0 Å². The Labute approximate surface area is 196 Å². The van der Waals surface area contributed by atoms with Crippen LogP contribution < -0.4 is 5.32 Å². The number of carbonyl (C=O) groups excluding carboxylic acids is 2. The lowest BCUT2D eigenvalue weighted by molar-refractivity contribution is -0.138. The lowest BCUT2D eigenvalue weighted by atomic mass is 10.1. The molecule has 0 heterocycles. The Balaban J connectivity index is 2.06. The highest BCUT2D eigenvalue weighted by molar-refractivity contribution is 9.10. The molecule has 1 atom stereocenters. The molecule has 30 heavy (non-hydrogen) atoms. The van der Waals surface area contributed by atoms with E-state index in [2.05, 4.69) is 21.2 Å². The predicted octanol–water partition coefficient (Wildman–Crippen LogP) is 5.53. The number of carbonyl (C=O) groups is 2. The number of nitrogens with one attached hydrogen (secondary N) is 1. The van der Waals surface area contributed by atoms with Crippen molar-refractivity contribution in [2.45, 2.75) is 39.1 Å². The molecule has 2 aromatic rings. The summed E-state index contributed by atoms with van der Waals surface area (Å²) in [6, 6.07) is 14.9. The molecule has 0 spiro atoms. The number of halogens is 2. The van der Waals surface area contributed by atoms with Gasteiger partial charge in [0.05, 0.1) is 5.75 Å². The molecule has 162 valence electrons. The number of amides is 2. The molecule has 0 bridgehead atoms. The summed E-state index contributed by atoms with van der Waals surface area (Å²) < 4.78 is 0.974. The second-order valence-corrected chi connectivity index (χ2v) is 9.86. The first-order chi connectivity index (χ1) is 14.3.